The van der Waals surface area contributed by atoms with Gasteiger partial charge in [0, 0.05) is 24.2 Å². The minimum atomic E-state index is 0.775. The Morgan fingerprint density at radius 3 is 2.75 bits per heavy atom. The molecular formula is C12H9N3O. The van der Waals surface area contributed by atoms with Crippen LogP contribution in [0.25, 0.3) is 17.1 Å². The van der Waals surface area contributed by atoms with Crippen molar-refractivity contribution < 1.29 is 4.42 Å². The largest absolute Gasteiger partial charge is 0.449 e. The Kier molecular flexibility index (Phi) is 2.04. The van der Waals surface area contributed by atoms with Crippen LogP contribution in [0.15, 0.2) is 59.9 Å². The summed E-state index contributed by atoms with van der Waals surface area (Å²) in [6, 6.07) is 7.94. The summed E-state index contributed by atoms with van der Waals surface area (Å²) in [5.41, 5.74) is 2.17. The van der Waals surface area contributed by atoms with Gasteiger partial charge in [0.05, 0.1) is 5.69 Å². The summed E-state index contributed by atoms with van der Waals surface area (Å²) in [7, 11) is 0. The van der Waals surface area contributed by atoms with Gasteiger partial charge in [-0.05, 0) is 24.3 Å². The third-order valence-corrected chi connectivity index (χ3v) is 2.39. The molecule has 0 bridgehead atoms. The van der Waals surface area contributed by atoms with Crippen molar-refractivity contribution >= 4 is 0 Å². The van der Waals surface area contributed by atoms with E-state index >= 15 is 0 Å². The van der Waals surface area contributed by atoms with E-state index in [0.29, 0.717) is 0 Å². The molecule has 0 N–H and O–H groups in total. The Morgan fingerprint density at radius 1 is 1.12 bits per heavy atom. The lowest BCUT2D eigenvalue weighted by atomic mass is 10.2. The van der Waals surface area contributed by atoms with Gasteiger partial charge < -0.3 is 4.42 Å². The van der Waals surface area contributed by atoms with E-state index in [9.17, 15) is 0 Å². The molecule has 78 valence electrons. The van der Waals surface area contributed by atoms with Crippen molar-refractivity contribution in [1.82, 2.24) is 14.5 Å². The summed E-state index contributed by atoms with van der Waals surface area (Å²) in [5.74, 6) is 0.775. The maximum atomic E-state index is 4.98. The van der Waals surface area contributed by atoms with Crippen molar-refractivity contribution in [2.75, 3.05) is 0 Å². The fourth-order valence-corrected chi connectivity index (χ4v) is 1.66. The van der Waals surface area contributed by atoms with E-state index in [1.165, 1.54) is 6.39 Å². The Labute approximate surface area is 92.2 Å². The average Bonchev–Trinajstić information content (AvgIpc) is 3.01. The SMILES string of the molecule is c1cc(-c2ccncc2)n(-c2cocn2)c1. The molecule has 0 spiro atoms. The van der Waals surface area contributed by atoms with Crippen molar-refractivity contribution in [3.05, 3.63) is 55.5 Å². The summed E-state index contributed by atoms with van der Waals surface area (Å²) >= 11 is 0. The lowest BCUT2D eigenvalue weighted by Crippen LogP contribution is -1.94. The van der Waals surface area contributed by atoms with Crippen LogP contribution in [-0.4, -0.2) is 14.5 Å². The van der Waals surface area contributed by atoms with Crippen molar-refractivity contribution in [2.45, 2.75) is 0 Å². The number of hydrogen-bond donors (Lipinski definition) is 0. The zero-order valence-corrected chi connectivity index (χ0v) is 8.45. The van der Waals surface area contributed by atoms with E-state index in [1.54, 1.807) is 18.7 Å². The highest BCUT2D eigenvalue weighted by Gasteiger charge is 2.06. The Hall–Kier alpha value is -2.36. The third-order valence-electron chi connectivity index (χ3n) is 2.39. The molecule has 4 nitrogen and oxygen atoms in total. The van der Waals surface area contributed by atoms with E-state index in [2.05, 4.69) is 9.97 Å². The maximum Gasteiger partial charge on any atom is 0.182 e. The molecule has 0 saturated heterocycles. The van der Waals surface area contributed by atoms with Gasteiger partial charge in [0.1, 0.15) is 6.26 Å². The number of hydrogen-bond acceptors (Lipinski definition) is 3. The third kappa shape index (κ3) is 1.40. The minimum absolute atomic E-state index is 0.775. The molecule has 0 aromatic carbocycles. The first-order chi connectivity index (χ1) is 7.95. The Morgan fingerprint density at radius 2 is 2.00 bits per heavy atom. The summed E-state index contributed by atoms with van der Waals surface area (Å²) < 4.78 is 6.96. The molecule has 3 heterocycles. The second-order valence-corrected chi connectivity index (χ2v) is 3.35. The zero-order chi connectivity index (χ0) is 10.8. The molecule has 3 aromatic heterocycles. The molecule has 3 rings (SSSR count). The first-order valence-corrected chi connectivity index (χ1v) is 4.91. The molecule has 3 aromatic rings. The van der Waals surface area contributed by atoms with Gasteiger partial charge in [-0.15, -0.1) is 0 Å². The normalized spacial score (nSPS) is 10.5. The highest BCUT2D eigenvalue weighted by Crippen LogP contribution is 2.21. The van der Waals surface area contributed by atoms with Crippen LogP contribution in [0.1, 0.15) is 0 Å². The molecule has 4 heteroatoms. The van der Waals surface area contributed by atoms with Gasteiger partial charge in [-0.3, -0.25) is 9.55 Å². The van der Waals surface area contributed by atoms with E-state index in [1.807, 2.05) is 35.0 Å². The highest BCUT2D eigenvalue weighted by atomic mass is 16.3. The standard InChI is InChI=1S/C12H9N3O/c1-2-11(10-3-5-13-6-4-10)15(7-1)12-8-16-9-14-12/h1-9H. The second-order valence-electron chi connectivity index (χ2n) is 3.35. The van der Waals surface area contributed by atoms with Crippen LogP contribution in [0.4, 0.5) is 0 Å². The van der Waals surface area contributed by atoms with Gasteiger partial charge >= 0.3 is 0 Å². The lowest BCUT2D eigenvalue weighted by Gasteiger charge is -2.04. The van der Waals surface area contributed by atoms with E-state index in [4.69, 9.17) is 4.42 Å². The summed E-state index contributed by atoms with van der Waals surface area (Å²) in [6.07, 6.45) is 8.54. The number of oxazole rings is 1. The fourth-order valence-electron chi connectivity index (χ4n) is 1.66. The minimum Gasteiger partial charge on any atom is -0.449 e. The van der Waals surface area contributed by atoms with Gasteiger partial charge in [-0.25, -0.2) is 0 Å². The van der Waals surface area contributed by atoms with Crippen molar-refractivity contribution in [2.24, 2.45) is 0 Å². The van der Waals surface area contributed by atoms with Crippen LogP contribution >= 0.6 is 0 Å². The first kappa shape index (κ1) is 8.91. The van der Waals surface area contributed by atoms with E-state index in [-0.39, 0.29) is 0 Å². The van der Waals surface area contributed by atoms with Gasteiger partial charge in [0.15, 0.2) is 12.2 Å². The number of pyridine rings is 1. The van der Waals surface area contributed by atoms with Crippen molar-refractivity contribution in [3.63, 3.8) is 0 Å². The first-order valence-electron chi connectivity index (χ1n) is 4.91. The summed E-state index contributed by atoms with van der Waals surface area (Å²) in [4.78, 5) is 8.13. The van der Waals surface area contributed by atoms with E-state index in [0.717, 1.165) is 17.1 Å². The molecule has 0 aliphatic carbocycles. The summed E-state index contributed by atoms with van der Waals surface area (Å²) in [6.45, 7) is 0. The van der Waals surface area contributed by atoms with Crippen LogP contribution in [0.5, 0.6) is 0 Å². The predicted octanol–water partition coefficient (Wildman–Crippen LogP) is 2.53. The lowest BCUT2D eigenvalue weighted by molar-refractivity contribution is 0.557. The monoisotopic (exact) mass is 211 g/mol. The molecular weight excluding hydrogens is 202 g/mol. The van der Waals surface area contributed by atoms with Crippen LogP contribution in [0.2, 0.25) is 0 Å². The topological polar surface area (TPSA) is 43.9 Å². The molecule has 16 heavy (non-hydrogen) atoms. The van der Waals surface area contributed by atoms with Gasteiger partial charge in [-0.1, -0.05) is 0 Å². The second kappa shape index (κ2) is 3.66. The maximum absolute atomic E-state index is 4.98. The van der Waals surface area contributed by atoms with Crippen LogP contribution in [-0.2, 0) is 0 Å². The fraction of sp³-hybridized carbons (Fsp3) is 0. The molecule has 0 atom stereocenters. The van der Waals surface area contributed by atoms with Crippen molar-refractivity contribution in [3.8, 4) is 17.1 Å². The molecule has 0 amide bonds. The molecule has 0 unspecified atom stereocenters. The number of nitrogens with zero attached hydrogens (tertiary/aromatic N) is 3. The smallest absolute Gasteiger partial charge is 0.182 e. The molecule has 0 aliphatic rings. The number of rotatable bonds is 2. The molecule has 0 aliphatic heterocycles. The van der Waals surface area contributed by atoms with Crippen LogP contribution < -0.4 is 0 Å². The van der Waals surface area contributed by atoms with Gasteiger partial charge in [0.25, 0.3) is 0 Å². The zero-order valence-electron chi connectivity index (χ0n) is 8.45. The molecule has 0 radical (unpaired) electrons. The predicted molar refractivity (Wildman–Crippen MR) is 59.1 cm³/mol. The molecule has 0 fully saturated rings. The van der Waals surface area contributed by atoms with Gasteiger partial charge in [0.2, 0.25) is 0 Å². The number of aromatic nitrogens is 3. The molecule has 0 saturated carbocycles. The van der Waals surface area contributed by atoms with E-state index < -0.39 is 0 Å². The average molecular weight is 211 g/mol. The van der Waals surface area contributed by atoms with Gasteiger partial charge in [-0.2, -0.15) is 4.98 Å². The summed E-state index contributed by atoms with van der Waals surface area (Å²) in [5, 5.41) is 0. The Bertz CT molecular complexity index is 569. The quantitative estimate of drug-likeness (QED) is 0.654. The van der Waals surface area contributed by atoms with Crippen LogP contribution in [0.3, 0.4) is 0 Å². The van der Waals surface area contributed by atoms with Crippen LogP contribution in [0, 0.1) is 0 Å². The Balaban J connectivity index is 2.14. The van der Waals surface area contributed by atoms with Crippen molar-refractivity contribution in [1.29, 1.82) is 0 Å². The highest BCUT2D eigenvalue weighted by molar-refractivity contribution is 5.61.